The van der Waals surface area contributed by atoms with Crippen molar-refractivity contribution >= 4 is 17.7 Å². The summed E-state index contributed by atoms with van der Waals surface area (Å²) in [5, 5.41) is 5.95. The number of nitrogens with zero attached hydrogens (tertiary/aromatic N) is 2. The van der Waals surface area contributed by atoms with E-state index in [9.17, 15) is 4.79 Å². The number of amides is 1. The highest BCUT2D eigenvalue weighted by molar-refractivity contribution is 6.18. The largest absolute Gasteiger partial charge is 0.415 e. The number of hydrogen-bond acceptors (Lipinski definition) is 5. The highest BCUT2D eigenvalue weighted by Crippen LogP contribution is 2.18. The van der Waals surface area contributed by atoms with Crippen molar-refractivity contribution in [1.82, 2.24) is 15.5 Å². The van der Waals surface area contributed by atoms with E-state index in [0.29, 0.717) is 12.4 Å². The van der Waals surface area contributed by atoms with Gasteiger partial charge < -0.3 is 14.6 Å². The molecule has 2 aromatic rings. The normalized spacial score (nSPS) is 10.1. The summed E-state index contributed by atoms with van der Waals surface area (Å²) in [6.45, 7) is 0.309. The first kappa shape index (κ1) is 12.4. The molecular formula is C11H10ClN3O3. The Morgan fingerprint density at radius 2 is 2.17 bits per heavy atom. The van der Waals surface area contributed by atoms with Crippen LogP contribution in [0.4, 0.5) is 4.79 Å². The Kier molecular flexibility index (Phi) is 4.14. The molecule has 0 unspecified atom stereocenters. The van der Waals surface area contributed by atoms with Gasteiger partial charge in [-0.15, -0.1) is 11.6 Å². The molecule has 1 aromatic heterocycles. The number of nitrogens with one attached hydrogen (secondary N) is 1. The van der Waals surface area contributed by atoms with Crippen LogP contribution >= 0.6 is 11.6 Å². The maximum Gasteiger partial charge on any atom is 0.415 e. The summed E-state index contributed by atoms with van der Waals surface area (Å²) in [5.74, 6) is 0.590. The van der Waals surface area contributed by atoms with Gasteiger partial charge in [0.05, 0.1) is 0 Å². The summed E-state index contributed by atoms with van der Waals surface area (Å²) >= 11 is 5.41. The number of aromatic nitrogens is 2. The van der Waals surface area contributed by atoms with Crippen molar-refractivity contribution < 1.29 is 14.1 Å². The van der Waals surface area contributed by atoms with Crippen LogP contribution in [0.2, 0.25) is 0 Å². The average Bonchev–Trinajstić information content (AvgIpc) is 2.86. The van der Waals surface area contributed by atoms with Gasteiger partial charge in [0.15, 0.2) is 0 Å². The smallest absolute Gasteiger partial charge is 0.372 e. The van der Waals surface area contributed by atoms with Gasteiger partial charge in [0, 0.05) is 18.0 Å². The Bertz CT molecular complexity index is 515. The molecule has 1 amide bonds. The molecule has 7 heteroatoms. The first-order chi connectivity index (χ1) is 8.79. The van der Waals surface area contributed by atoms with Gasteiger partial charge in [-0.05, 0) is 17.3 Å². The zero-order valence-corrected chi connectivity index (χ0v) is 10.1. The van der Waals surface area contributed by atoms with E-state index < -0.39 is 6.09 Å². The lowest BCUT2D eigenvalue weighted by molar-refractivity contribution is 0.195. The number of benzene rings is 1. The van der Waals surface area contributed by atoms with E-state index >= 15 is 0 Å². The van der Waals surface area contributed by atoms with Gasteiger partial charge in [-0.2, -0.15) is 4.98 Å². The number of carbonyl (C=O) groups is 1. The first-order valence-electron chi connectivity index (χ1n) is 5.20. The Morgan fingerprint density at radius 3 is 2.89 bits per heavy atom. The van der Waals surface area contributed by atoms with Crippen molar-refractivity contribution in [2.24, 2.45) is 0 Å². The topological polar surface area (TPSA) is 77.2 Å². The molecule has 0 aliphatic carbocycles. The molecule has 0 atom stereocenters. The molecule has 0 aliphatic heterocycles. The van der Waals surface area contributed by atoms with Gasteiger partial charge in [-0.3, -0.25) is 0 Å². The van der Waals surface area contributed by atoms with Crippen molar-refractivity contribution in [2.45, 2.75) is 0 Å². The number of rotatable bonds is 4. The lowest BCUT2D eigenvalue weighted by Gasteiger charge is -1.99. The van der Waals surface area contributed by atoms with E-state index in [1.165, 1.54) is 0 Å². The second kappa shape index (κ2) is 6.02. The Hall–Kier alpha value is -2.08. The predicted molar refractivity (Wildman–Crippen MR) is 64.5 cm³/mol. The van der Waals surface area contributed by atoms with Crippen LogP contribution in [0.5, 0.6) is 6.01 Å². The molecule has 1 aromatic carbocycles. The zero-order chi connectivity index (χ0) is 12.8. The molecule has 0 fully saturated rings. The molecule has 0 bridgehead atoms. The number of carbonyl (C=O) groups excluding carboxylic acids is 1. The molecule has 94 valence electrons. The van der Waals surface area contributed by atoms with Crippen LogP contribution < -0.4 is 10.1 Å². The molecule has 1 N–H and O–H groups in total. The van der Waals surface area contributed by atoms with Crippen LogP contribution in [-0.4, -0.2) is 28.7 Å². The maximum absolute atomic E-state index is 11.2. The second-order valence-electron chi connectivity index (χ2n) is 3.25. The van der Waals surface area contributed by atoms with Crippen molar-refractivity contribution in [1.29, 1.82) is 0 Å². The van der Waals surface area contributed by atoms with Gasteiger partial charge in [0.25, 0.3) is 5.89 Å². The molecular weight excluding hydrogens is 258 g/mol. The predicted octanol–water partition coefficient (Wildman–Crippen LogP) is 2.06. The summed E-state index contributed by atoms with van der Waals surface area (Å²) in [6.07, 6.45) is -0.670. The first-order valence-corrected chi connectivity index (χ1v) is 5.74. The van der Waals surface area contributed by atoms with E-state index in [-0.39, 0.29) is 11.9 Å². The van der Waals surface area contributed by atoms with Crippen LogP contribution in [0.1, 0.15) is 0 Å². The van der Waals surface area contributed by atoms with Crippen LogP contribution in [0, 0.1) is 0 Å². The van der Waals surface area contributed by atoms with Crippen LogP contribution in [0.25, 0.3) is 11.5 Å². The number of alkyl halides is 1. The van der Waals surface area contributed by atoms with Gasteiger partial charge in [0.1, 0.15) is 0 Å². The lowest BCUT2D eigenvalue weighted by Crippen LogP contribution is -2.28. The summed E-state index contributed by atoms with van der Waals surface area (Å²) in [4.78, 5) is 15.1. The summed E-state index contributed by atoms with van der Waals surface area (Å²) in [7, 11) is 0. The Labute approximate surface area is 108 Å². The zero-order valence-electron chi connectivity index (χ0n) is 9.30. The number of ether oxygens (including phenoxy) is 1. The van der Waals surface area contributed by atoms with Crippen LogP contribution in [0.15, 0.2) is 34.9 Å². The molecule has 0 saturated carbocycles. The van der Waals surface area contributed by atoms with E-state index in [0.717, 1.165) is 5.56 Å². The monoisotopic (exact) mass is 267 g/mol. The van der Waals surface area contributed by atoms with E-state index in [4.69, 9.17) is 20.9 Å². The van der Waals surface area contributed by atoms with Gasteiger partial charge >= 0.3 is 12.1 Å². The fraction of sp³-hybridized carbons (Fsp3) is 0.182. The minimum absolute atomic E-state index is 0.138. The average molecular weight is 268 g/mol. The number of hydrogen-bond donors (Lipinski definition) is 1. The van der Waals surface area contributed by atoms with Crippen molar-refractivity contribution in [3.63, 3.8) is 0 Å². The minimum atomic E-state index is -0.670. The Balaban J connectivity index is 2.00. The standard InChI is InChI=1S/C11H10ClN3O3/c12-6-7-13-11(16)17-10-14-9(18-15-10)8-4-2-1-3-5-8/h1-5H,6-7H2,(H,13,16). The molecule has 0 aliphatic rings. The summed E-state index contributed by atoms with van der Waals surface area (Å²) in [6, 6.07) is 9.04. The minimum Gasteiger partial charge on any atom is -0.372 e. The molecule has 0 radical (unpaired) electrons. The quantitative estimate of drug-likeness (QED) is 0.858. The molecule has 0 spiro atoms. The number of halogens is 1. The van der Waals surface area contributed by atoms with E-state index in [1.54, 1.807) is 0 Å². The summed E-state index contributed by atoms with van der Waals surface area (Å²) in [5.41, 5.74) is 0.751. The molecule has 1 heterocycles. The molecule has 6 nitrogen and oxygen atoms in total. The Morgan fingerprint density at radius 1 is 1.39 bits per heavy atom. The van der Waals surface area contributed by atoms with Gasteiger partial charge in [-0.1, -0.05) is 18.2 Å². The van der Waals surface area contributed by atoms with Crippen LogP contribution in [-0.2, 0) is 0 Å². The second-order valence-corrected chi connectivity index (χ2v) is 3.63. The third kappa shape index (κ3) is 3.21. The molecule has 2 rings (SSSR count). The lowest BCUT2D eigenvalue weighted by atomic mass is 10.2. The fourth-order valence-corrected chi connectivity index (χ4v) is 1.31. The SMILES string of the molecule is O=C(NCCCl)Oc1noc(-c2ccccc2)n1. The summed E-state index contributed by atoms with van der Waals surface area (Å²) < 4.78 is 9.76. The third-order valence-corrected chi connectivity index (χ3v) is 2.16. The van der Waals surface area contributed by atoms with Crippen molar-refractivity contribution in [2.75, 3.05) is 12.4 Å². The van der Waals surface area contributed by atoms with Gasteiger partial charge in [0.2, 0.25) is 0 Å². The third-order valence-electron chi connectivity index (χ3n) is 1.98. The van der Waals surface area contributed by atoms with Gasteiger partial charge in [-0.25, -0.2) is 4.79 Å². The maximum atomic E-state index is 11.2. The van der Waals surface area contributed by atoms with E-state index in [2.05, 4.69) is 15.5 Å². The molecule has 18 heavy (non-hydrogen) atoms. The highest BCUT2D eigenvalue weighted by atomic mass is 35.5. The van der Waals surface area contributed by atoms with Crippen LogP contribution in [0.3, 0.4) is 0 Å². The molecule has 0 saturated heterocycles. The van der Waals surface area contributed by atoms with E-state index in [1.807, 2.05) is 30.3 Å². The van der Waals surface area contributed by atoms with Crippen molar-refractivity contribution in [3.8, 4) is 17.5 Å². The highest BCUT2D eigenvalue weighted by Gasteiger charge is 2.12. The van der Waals surface area contributed by atoms with Crippen molar-refractivity contribution in [3.05, 3.63) is 30.3 Å². The fourth-order valence-electron chi connectivity index (χ4n) is 1.22.